The maximum absolute atomic E-state index is 13.8. The number of aliphatic hydroxyl groups excluding tert-OH is 1. The summed E-state index contributed by atoms with van der Waals surface area (Å²) in [6, 6.07) is 8.63. The lowest BCUT2D eigenvalue weighted by molar-refractivity contribution is -0.122. The predicted octanol–water partition coefficient (Wildman–Crippen LogP) is 2.79. The molecule has 2 aromatic heterocycles. The highest BCUT2D eigenvalue weighted by Crippen LogP contribution is 2.29. The molecule has 0 saturated heterocycles. The second-order valence-electron chi connectivity index (χ2n) is 7.26. The van der Waals surface area contributed by atoms with Crippen LogP contribution in [-0.4, -0.2) is 38.9 Å². The summed E-state index contributed by atoms with van der Waals surface area (Å²) in [6.07, 6.45) is 4.95. The zero-order valence-electron chi connectivity index (χ0n) is 16.3. The molecule has 7 nitrogen and oxygen atoms in total. The number of rotatable bonds is 5. The largest absolute Gasteiger partial charge is 0.359 e. The summed E-state index contributed by atoms with van der Waals surface area (Å²) in [7, 11) is 1.73. The van der Waals surface area contributed by atoms with Crippen molar-refractivity contribution in [1.29, 1.82) is 0 Å². The van der Waals surface area contributed by atoms with Crippen molar-refractivity contribution in [2.45, 2.75) is 31.7 Å². The molecule has 0 spiro atoms. The number of nitrogens with zero attached hydrogens (tertiary/aromatic N) is 4. The second-order valence-corrected chi connectivity index (χ2v) is 8.18. The fraction of sp³-hybridized carbons (Fsp3) is 0.286. The number of amides is 1. The van der Waals surface area contributed by atoms with Crippen LogP contribution in [0.3, 0.4) is 0 Å². The first kappa shape index (κ1) is 20.6. The fourth-order valence-electron chi connectivity index (χ4n) is 3.62. The molecule has 0 bridgehead atoms. The maximum Gasteiger partial charge on any atom is 0.244 e. The van der Waals surface area contributed by atoms with Gasteiger partial charge in [0.05, 0.1) is 12.2 Å². The van der Waals surface area contributed by atoms with Crippen LogP contribution in [0.15, 0.2) is 53.4 Å². The van der Waals surface area contributed by atoms with Gasteiger partial charge in [-0.2, -0.15) is 9.49 Å². The number of likely N-dealkylation sites (N-methyl/N-ethyl adjacent to an activating group) is 1. The number of anilines is 1. The number of benzene rings is 1. The van der Waals surface area contributed by atoms with Gasteiger partial charge in [-0.05, 0) is 42.2 Å². The molecular weight excluding hydrogens is 453 g/mol. The molecule has 2 atom stereocenters. The zero-order valence-corrected chi connectivity index (χ0v) is 17.9. The summed E-state index contributed by atoms with van der Waals surface area (Å²) >= 11 is 3.45. The normalized spacial score (nSPS) is 17.5. The molecule has 30 heavy (non-hydrogen) atoms. The fourth-order valence-corrected chi connectivity index (χ4v) is 3.97. The van der Waals surface area contributed by atoms with Gasteiger partial charge in [-0.15, -0.1) is 0 Å². The van der Waals surface area contributed by atoms with Gasteiger partial charge in [-0.1, -0.05) is 28.1 Å². The molecule has 0 aliphatic carbocycles. The van der Waals surface area contributed by atoms with Crippen molar-refractivity contribution >= 4 is 27.5 Å². The van der Waals surface area contributed by atoms with Crippen molar-refractivity contribution in [3.8, 4) is 0 Å². The Hall–Kier alpha value is -2.62. The van der Waals surface area contributed by atoms with E-state index in [1.807, 2.05) is 18.2 Å². The third-order valence-corrected chi connectivity index (χ3v) is 5.72. The molecule has 3 aromatic rings. The highest BCUT2D eigenvalue weighted by Gasteiger charge is 2.30. The van der Waals surface area contributed by atoms with Gasteiger partial charge in [0.25, 0.3) is 0 Å². The Labute approximate surface area is 181 Å². The highest BCUT2D eigenvalue weighted by molar-refractivity contribution is 9.10. The van der Waals surface area contributed by atoms with Crippen LogP contribution >= 0.6 is 15.9 Å². The first-order valence-corrected chi connectivity index (χ1v) is 10.3. The van der Waals surface area contributed by atoms with Gasteiger partial charge < -0.3 is 10.0 Å². The first-order chi connectivity index (χ1) is 14.4. The number of nitrogens with one attached hydrogen (secondary N) is 1. The third-order valence-electron chi connectivity index (χ3n) is 5.23. The van der Waals surface area contributed by atoms with Crippen LogP contribution in [0, 0.1) is 5.95 Å². The zero-order chi connectivity index (χ0) is 21.3. The number of carbonyl (C=O) groups is 1. The molecule has 2 N–H and O–H groups in total. The van der Waals surface area contributed by atoms with Crippen molar-refractivity contribution in [3.63, 3.8) is 0 Å². The van der Waals surface area contributed by atoms with E-state index in [-0.39, 0.29) is 5.91 Å². The van der Waals surface area contributed by atoms with Gasteiger partial charge in [0, 0.05) is 41.6 Å². The van der Waals surface area contributed by atoms with E-state index < -0.39 is 18.3 Å². The van der Waals surface area contributed by atoms with E-state index >= 15 is 0 Å². The minimum absolute atomic E-state index is 0.129. The van der Waals surface area contributed by atoms with Crippen molar-refractivity contribution in [2.24, 2.45) is 0 Å². The van der Waals surface area contributed by atoms with E-state index in [0.29, 0.717) is 24.8 Å². The predicted molar refractivity (Wildman–Crippen MR) is 113 cm³/mol. The van der Waals surface area contributed by atoms with Crippen molar-refractivity contribution in [3.05, 3.63) is 76.0 Å². The Bertz CT molecular complexity index is 1070. The molecule has 0 saturated carbocycles. The van der Waals surface area contributed by atoms with Crippen LogP contribution in [-0.2, 0) is 17.6 Å². The number of hydrogen-bond acceptors (Lipinski definition) is 5. The van der Waals surface area contributed by atoms with Crippen molar-refractivity contribution < 1.29 is 14.3 Å². The number of pyridine rings is 1. The van der Waals surface area contributed by atoms with Crippen LogP contribution in [0.25, 0.3) is 0 Å². The van der Waals surface area contributed by atoms with E-state index in [2.05, 4.69) is 31.3 Å². The van der Waals surface area contributed by atoms with Crippen LogP contribution in [0.2, 0.25) is 0 Å². The van der Waals surface area contributed by atoms with Crippen LogP contribution in [0.4, 0.5) is 10.1 Å². The van der Waals surface area contributed by atoms with Crippen LogP contribution in [0.5, 0.6) is 0 Å². The summed E-state index contributed by atoms with van der Waals surface area (Å²) in [5, 5.41) is 17.7. The molecule has 156 valence electrons. The van der Waals surface area contributed by atoms with Gasteiger partial charge >= 0.3 is 0 Å². The van der Waals surface area contributed by atoms with Crippen LogP contribution in [0.1, 0.15) is 29.5 Å². The average Bonchev–Trinajstić information content (AvgIpc) is 3.17. The lowest BCUT2D eigenvalue weighted by Gasteiger charge is -2.24. The number of carbonyl (C=O) groups excluding carboxylic acids is 1. The summed E-state index contributed by atoms with van der Waals surface area (Å²) in [6.45, 7) is 0. The number of fused-ring (bicyclic) bond motifs is 1. The van der Waals surface area contributed by atoms with E-state index in [1.54, 1.807) is 36.5 Å². The van der Waals surface area contributed by atoms with Gasteiger partial charge in [0.1, 0.15) is 0 Å². The highest BCUT2D eigenvalue weighted by atomic mass is 79.9. The monoisotopic (exact) mass is 473 g/mol. The van der Waals surface area contributed by atoms with E-state index in [9.17, 15) is 14.3 Å². The quantitative estimate of drug-likeness (QED) is 0.439. The third kappa shape index (κ3) is 4.28. The SMILES string of the molecule is CN1C(=O)[C@H](NC(O)n2cc(Cc3cccnc3F)cn2)CCc2ccc(Br)cc21. The van der Waals surface area contributed by atoms with Gasteiger partial charge in [-0.3, -0.25) is 10.1 Å². The lowest BCUT2D eigenvalue weighted by atomic mass is 10.1. The topological polar surface area (TPSA) is 83.3 Å². The smallest absolute Gasteiger partial charge is 0.244 e. The maximum atomic E-state index is 13.8. The summed E-state index contributed by atoms with van der Waals surface area (Å²) < 4.78 is 16.0. The molecule has 1 aromatic carbocycles. The number of halogens is 2. The van der Waals surface area contributed by atoms with Crippen LogP contribution < -0.4 is 10.2 Å². The van der Waals surface area contributed by atoms with Crippen molar-refractivity contribution in [2.75, 3.05) is 11.9 Å². The number of aromatic nitrogens is 3. The molecule has 9 heteroatoms. The molecule has 1 aliphatic rings. The molecule has 0 radical (unpaired) electrons. The number of aliphatic hydroxyl groups is 1. The Morgan fingerprint density at radius 1 is 1.40 bits per heavy atom. The second kappa shape index (κ2) is 8.63. The van der Waals surface area contributed by atoms with Crippen molar-refractivity contribution in [1.82, 2.24) is 20.1 Å². The molecular formula is C21H21BrFN5O2. The Morgan fingerprint density at radius 3 is 3.03 bits per heavy atom. The minimum atomic E-state index is -1.19. The Kier molecular flexibility index (Phi) is 5.94. The summed E-state index contributed by atoms with van der Waals surface area (Å²) in [5.41, 5.74) is 3.11. The van der Waals surface area contributed by atoms with E-state index in [0.717, 1.165) is 21.3 Å². The minimum Gasteiger partial charge on any atom is -0.359 e. The van der Waals surface area contributed by atoms with E-state index in [4.69, 9.17) is 0 Å². The first-order valence-electron chi connectivity index (χ1n) is 9.55. The number of aryl methyl sites for hydroxylation is 1. The Morgan fingerprint density at radius 2 is 2.23 bits per heavy atom. The van der Waals surface area contributed by atoms with Gasteiger partial charge in [-0.25, -0.2) is 9.67 Å². The summed E-state index contributed by atoms with van der Waals surface area (Å²) in [4.78, 5) is 18.2. The standard InChI is InChI=1S/C21H21BrFN5O2/c1-27-18-10-16(22)6-4-14(18)5-7-17(20(27)29)26-21(30)28-12-13(11-25-28)9-15-3-2-8-24-19(15)23/h2-4,6,8,10-12,17,21,26,30H,5,7,9H2,1H3/t17-,21?/m1/s1. The molecule has 1 amide bonds. The summed E-state index contributed by atoms with van der Waals surface area (Å²) in [5.74, 6) is -0.655. The Balaban J connectivity index is 1.45. The average molecular weight is 474 g/mol. The number of hydrogen-bond donors (Lipinski definition) is 2. The lowest BCUT2D eigenvalue weighted by Crippen LogP contribution is -2.47. The molecule has 1 aliphatic heterocycles. The molecule has 0 fully saturated rings. The molecule has 1 unspecified atom stereocenters. The molecule has 4 rings (SSSR count). The molecule has 3 heterocycles. The van der Waals surface area contributed by atoms with E-state index in [1.165, 1.54) is 10.9 Å². The van der Waals surface area contributed by atoms with Gasteiger partial charge in [0.2, 0.25) is 18.2 Å². The van der Waals surface area contributed by atoms with Gasteiger partial charge in [0.15, 0.2) is 0 Å².